The number of rotatable bonds is 4. The summed E-state index contributed by atoms with van der Waals surface area (Å²) in [4.78, 5) is 15.2. The van der Waals surface area contributed by atoms with Crippen molar-refractivity contribution in [2.75, 3.05) is 18.1 Å². The van der Waals surface area contributed by atoms with Crippen LogP contribution in [0.4, 0.5) is 36.4 Å². The number of carbonyl (C=O) groups is 1. The van der Waals surface area contributed by atoms with E-state index in [1.807, 2.05) is 0 Å². The van der Waals surface area contributed by atoms with Crippen LogP contribution in [0.3, 0.4) is 0 Å². The zero-order valence-electron chi connectivity index (χ0n) is 13.4. The maximum absolute atomic E-state index is 14.1. The molecule has 150 valence electrons. The average Bonchev–Trinajstić information content (AvgIpc) is 2.79. The van der Waals surface area contributed by atoms with Crippen LogP contribution in [0.25, 0.3) is 0 Å². The molecule has 0 aromatic heterocycles. The van der Waals surface area contributed by atoms with Gasteiger partial charge in [0.15, 0.2) is 10.1 Å². The van der Waals surface area contributed by atoms with Crippen LogP contribution in [0.15, 0.2) is 22.0 Å². The number of carbonyl (C=O) groups excluding carboxylic acids is 1. The third kappa shape index (κ3) is 6.01. The molecule has 1 atom stereocenters. The summed E-state index contributed by atoms with van der Waals surface area (Å²) >= 11 is -1.91. The Morgan fingerprint density at radius 1 is 1.22 bits per heavy atom. The lowest BCUT2D eigenvalue weighted by Crippen LogP contribution is -2.38. The molecule has 1 aromatic carbocycles. The van der Waals surface area contributed by atoms with E-state index in [9.17, 15) is 40.1 Å². The smallest absolute Gasteiger partial charge is 0.433 e. The molecule has 0 saturated carbocycles. The molecule has 0 radical (unpaired) electrons. The number of thioether (sulfide) groups is 1. The van der Waals surface area contributed by atoms with Gasteiger partial charge in [-0.1, -0.05) is 11.8 Å². The predicted octanol–water partition coefficient (Wildman–Crippen LogP) is 3.93. The van der Waals surface area contributed by atoms with Gasteiger partial charge in [-0.25, -0.2) is 9.38 Å². The number of benzene rings is 1. The monoisotopic (exact) mass is 436 g/mol. The van der Waals surface area contributed by atoms with Crippen molar-refractivity contribution in [1.82, 2.24) is 4.90 Å². The maximum Gasteiger partial charge on any atom is 0.433 e. The summed E-state index contributed by atoms with van der Waals surface area (Å²) in [6.45, 7) is -0.384. The molecule has 0 aliphatic carbocycles. The lowest BCUT2D eigenvalue weighted by atomic mass is 10.2. The molecule has 1 aliphatic heterocycles. The molecule has 1 heterocycles. The van der Waals surface area contributed by atoms with Crippen molar-refractivity contribution in [3.8, 4) is 0 Å². The fourth-order valence-electron chi connectivity index (χ4n) is 2.12. The fraction of sp³-hybridized carbons (Fsp3) is 0.429. The van der Waals surface area contributed by atoms with E-state index in [2.05, 4.69) is 4.99 Å². The van der Waals surface area contributed by atoms with Gasteiger partial charge in [0.2, 0.25) is 11.7 Å². The average molecular weight is 436 g/mol. The highest BCUT2D eigenvalue weighted by Crippen LogP contribution is 2.32. The summed E-state index contributed by atoms with van der Waals surface area (Å²) in [7, 11) is 0. The van der Waals surface area contributed by atoms with Gasteiger partial charge in [-0.15, -0.1) is 0 Å². The number of nitrogens with zero attached hydrogens (tertiary/aromatic N) is 2. The second-order valence-corrected chi connectivity index (χ2v) is 7.81. The molecule has 1 saturated heterocycles. The first-order chi connectivity index (χ1) is 12.3. The zero-order valence-corrected chi connectivity index (χ0v) is 15.1. The Morgan fingerprint density at radius 2 is 1.85 bits per heavy atom. The fourth-order valence-corrected chi connectivity index (χ4v) is 4.13. The Bertz CT molecular complexity index is 765. The molecule has 2 rings (SSSR count). The second kappa shape index (κ2) is 7.87. The van der Waals surface area contributed by atoms with E-state index in [4.69, 9.17) is 0 Å². The van der Waals surface area contributed by atoms with Crippen molar-refractivity contribution in [2.24, 2.45) is 4.99 Å². The van der Waals surface area contributed by atoms with Crippen LogP contribution in [0.2, 0.25) is 0 Å². The van der Waals surface area contributed by atoms with Crippen molar-refractivity contribution in [2.45, 2.75) is 24.2 Å². The lowest BCUT2D eigenvalue weighted by molar-refractivity contribution is -0.150. The van der Waals surface area contributed by atoms with Crippen LogP contribution in [0, 0.1) is 12.7 Å². The molecule has 4 nitrogen and oxygen atoms in total. The van der Waals surface area contributed by atoms with Gasteiger partial charge < -0.3 is 4.55 Å². The number of aliphatic imine (C=N–C) groups is 1. The maximum atomic E-state index is 14.1. The van der Waals surface area contributed by atoms with Gasteiger partial charge in [0, 0.05) is 11.6 Å². The molecular formula is C14H11F7N2O2S2. The number of halogens is 7. The number of amides is 1. The lowest BCUT2D eigenvalue weighted by Gasteiger charge is -2.18. The summed E-state index contributed by atoms with van der Waals surface area (Å²) in [6.07, 6.45) is -9.44. The molecule has 1 unspecified atom stereocenters. The third-order valence-electron chi connectivity index (χ3n) is 3.19. The van der Waals surface area contributed by atoms with Gasteiger partial charge in [-0.2, -0.15) is 26.3 Å². The van der Waals surface area contributed by atoms with Gasteiger partial charge in [-0.05, 0) is 24.2 Å². The van der Waals surface area contributed by atoms with Gasteiger partial charge in [-0.3, -0.25) is 9.69 Å². The standard InChI is InChI=1S/C14H11F7N2O2S2/c1-7-2-8(15)9(3-10(7)27(25)6-14(19,20)21)22-12-23(5-13(16,17)18)11(24)4-26-12/h2-3H,4-6H2,1H3/b22-12-. The molecule has 0 spiro atoms. The van der Waals surface area contributed by atoms with Crippen molar-refractivity contribution < 1.29 is 40.1 Å². The zero-order chi connectivity index (χ0) is 20.6. The van der Waals surface area contributed by atoms with Crippen LogP contribution >= 0.6 is 11.8 Å². The topological polar surface area (TPSA) is 55.7 Å². The highest BCUT2D eigenvalue weighted by atomic mass is 32.2. The Labute approximate surface area is 156 Å². The minimum atomic E-state index is -4.73. The largest absolute Gasteiger partial charge is 0.611 e. The van der Waals surface area contributed by atoms with Crippen LogP contribution in [-0.4, -0.2) is 50.9 Å². The summed E-state index contributed by atoms with van der Waals surface area (Å²) in [5.41, 5.74) is -0.628. The SMILES string of the molecule is Cc1cc(F)c(/N=C2\SCC(=O)N2CC(F)(F)F)cc1[S+]([O-])CC(F)(F)F. The van der Waals surface area contributed by atoms with Crippen molar-refractivity contribution in [1.29, 1.82) is 0 Å². The molecule has 1 amide bonds. The summed E-state index contributed by atoms with van der Waals surface area (Å²) in [5, 5.41) is -0.437. The highest BCUT2D eigenvalue weighted by molar-refractivity contribution is 8.15. The Kier molecular flexibility index (Phi) is 6.37. The number of amidine groups is 1. The molecule has 13 heteroatoms. The van der Waals surface area contributed by atoms with Crippen LogP contribution < -0.4 is 0 Å². The van der Waals surface area contributed by atoms with Crippen molar-refractivity contribution >= 4 is 39.7 Å². The van der Waals surface area contributed by atoms with E-state index < -0.39 is 58.4 Å². The summed E-state index contributed by atoms with van der Waals surface area (Å²) < 4.78 is 101. The minimum absolute atomic E-state index is 0.0265. The van der Waals surface area contributed by atoms with E-state index >= 15 is 0 Å². The second-order valence-electron chi connectivity index (χ2n) is 5.45. The molecular weight excluding hydrogens is 425 g/mol. The van der Waals surface area contributed by atoms with Crippen molar-refractivity contribution in [3.63, 3.8) is 0 Å². The van der Waals surface area contributed by atoms with E-state index in [1.54, 1.807) is 0 Å². The van der Waals surface area contributed by atoms with Gasteiger partial charge >= 0.3 is 12.4 Å². The molecule has 0 bridgehead atoms. The molecule has 1 aromatic rings. The molecule has 27 heavy (non-hydrogen) atoms. The first-order valence-electron chi connectivity index (χ1n) is 7.11. The molecule has 1 aliphatic rings. The first kappa shape index (κ1) is 21.8. The highest BCUT2D eigenvalue weighted by Gasteiger charge is 2.39. The third-order valence-corrected chi connectivity index (χ3v) is 5.68. The Balaban J connectivity index is 2.39. The van der Waals surface area contributed by atoms with Gasteiger partial charge in [0.1, 0.15) is 18.0 Å². The van der Waals surface area contributed by atoms with Crippen LogP contribution in [-0.2, 0) is 16.0 Å². The number of aryl methyl sites for hydroxylation is 1. The van der Waals surface area contributed by atoms with Crippen LogP contribution in [0.1, 0.15) is 5.56 Å². The number of hydrogen-bond donors (Lipinski definition) is 0. The minimum Gasteiger partial charge on any atom is -0.611 e. The number of hydrogen-bond acceptors (Lipinski definition) is 4. The molecule has 0 N–H and O–H groups in total. The Morgan fingerprint density at radius 3 is 2.41 bits per heavy atom. The quantitative estimate of drug-likeness (QED) is 0.531. The van der Waals surface area contributed by atoms with E-state index in [-0.39, 0.29) is 16.2 Å². The van der Waals surface area contributed by atoms with Gasteiger partial charge in [0.25, 0.3) is 0 Å². The van der Waals surface area contributed by atoms with Gasteiger partial charge in [0.05, 0.1) is 5.75 Å². The van der Waals surface area contributed by atoms with E-state index in [0.29, 0.717) is 16.7 Å². The van der Waals surface area contributed by atoms with Crippen molar-refractivity contribution in [3.05, 3.63) is 23.5 Å². The predicted molar refractivity (Wildman–Crippen MR) is 85.8 cm³/mol. The normalized spacial score (nSPS) is 18.5. The Hall–Kier alpha value is -1.47. The first-order valence-corrected chi connectivity index (χ1v) is 9.41. The van der Waals surface area contributed by atoms with E-state index in [0.717, 1.165) is 12.1 Å². The summed E-state index contributed by atoms with van der Waals surface area (Å²) in [6, 6.07) is 1.58. The molecule has 1 fully saturated rings. The summed E-state index contributed by atoms with van der Waals surface area (Å²) in [5.74, 6) is -3.91. The number of alkyl halides is 6. The van der Waals surface area contributed by atoms with E-state index in [1.165, 1.54) is 6.92 Å². The van der Waals surface area contributed by atoms with Crippen LogP contribution in [0.5, 0.6) is 0 Å².